The van der Waals surface area contributed by atoms with Crippen LogP contribution in [0.2, 0.25) is 0 Å². The van der Waals surface area contributed by atoms with Crippen molar-refractivity contribution >= 4 is 35.8 Å². The van der Waals surface area contributed by atoms with Gasteiger partial charge in [-0.1, -0.05) is 12.1 Å². The number of methoxy groups -OCH3 is 1. The van der Waals surface area contributed by atoms with Crippen LogP contribution in [0, 0.1) is 6.92 Å². The van der Waals surface area contributed by atoms with Crippen molar-refractivity contribution in [2.45, 2.75) is 39.5 Å². The van der Waals surface area contributed by atoms with Gasteiger partial charge < -0.3 is 19.9 Å². The SMILES string of the molecule is CCNC(=NCCc1ccc(C)c(OC)c1)N1CCN(CC(=O)N2CCCCC2)CC1.I. The van der Waals surface area contributed by atoms with Gasteiger partial charge in [-0.25, -0.2) is 0 Å². The Balaban J connectivity index is 0.00000363. The number of likely N-dealkylation sites (tertiary alicyclic amines) is 1. The number of hydrogen-bond donors (Lipinski definition) is 1. The van der Waals surface area contributed by atoms with E-state index in [1.165, 1.54) is 12.0 Å². The Morgan fingerprint density at radius 2 is 1.78 bits per heavy atom. The van der Waals surface area contributed by atoms with Crippen molar-refractivity contribution in [3.05, 3.63) is 29.3 Å². The number of piperidine rings is 1. The number of rotatable bonds is 7. The van der Waals surface area contributed by atoms with Crippen LogP contribution in [0.5, 0.6) is 5.75 Å². The number of guanidine groups is 1. The highest BCUT2D eigenvalue weighted by Crippen LogP contribution is 2.19. The van der Waals surface area contributed by atoms with Gasteiger partial charge in [-0.3, -0.25) is 14.7 Å². The van der Waals surface area contributed by atoms with Gasteiger partial charge in [0.2, 0.25) is 5.91 Å². The first kappa shape index (κ1) is 26.7. The minimum absolute atomic E-state index is 0. The Morgan fingerprint density at radius 1 is 1.06 bits per heavy atom. The molecule has 0 aromatic heterocycles. The van der Waals surface area contributed by atoms with Crippen molar-refractivity contribution in [3.8, 4) is 5.75 Å². The van der Waals surface area contributed by atoms with Crippen LogP contribution in [0.4, 0.5) is 0 Å². The Kier molecular flexibility index (Phi) is 11.6. The quantitative estimate of drug-likeness (QED) is 0.318. The zero-order valence-electron chi connectivity index (χ0n) is 19.9. The molecule has 3 rings (SSSR count). The largest absolute Gasteiger partial charge is 0.496 e. The van der Waals surface area contributed by atoms with Gasteiger partial charge in [0.15, 0.2) is 5.96 Å². The van der Waals surface area contributed by atoms with E-state index >= 15 is 0 Å². The lowest BCUT2D eigenvalue weighted by Gasteiger charge is -2.37. The summed E-state index contributed by atoms with van der Waals surface area (Å²) >= 11 is 0. The maximum absolute atomic E-state index is 12.6. The smallest absolute Gasteiger partial charge is 0.236 e. The third kappa shape index (κ3) is 7.79. The van der Waals surface area contributed by atoms with E-state index in [2.05, 4.69) is 47.2 Å². The lowest BCUT2D eigenvalue weighted by molar-refractivity contribution is -0.133. The highest BCUT2D eigenvalue weighted by atomic mass is 127. The molecular formula is C24H40IN5O2. The van der Waals surface area contributed by atoms with E-state index in [1.54, 1.807) is 7.11 Å². The first-order chi connectivity index (χ1) is 15.1. The molecule has 0 aliphatic carbocycles. The number of nitrogens with zero attached hydrogens (tertiary/aromatic N) is 4. The third-order valence-electron chi connectivity index (χ3n) is 6.21. The number of carbonyl (C=O) groups excluding carboxylic acids is 1. The molecule has 2 aliphatic rings. The fourth-order valence-corrected chi connectivity index (χ4v) is 4.29. The summed E-state index contributed by atoms with van der Waals surface area (Å²) < 4.78 is 5.43. The number of benzene rings is 1. The number of hydrogen-bond acceptors (Lipinski definition) is 4. The van der Waals surface area contributed by atoms with Crippen molar-refractivity contribution in [1.29, 1.82) is 0 Å². The van der Waals surface area contributed by atoms with Gasteiger partial charge in [0.05, 0.1) is 13.7 Å². The molecule has 0 spiro atoms. The highest BCUT2D eigenvalue weighted by molar-refractivity contribution is 14.0. The molecule has 180 valence electrons. The van der Waals surface area contributed by atoms with Crippen LogP contribution < -0.4 is 10.1 Å². The molecule has 0 saturated carbocycles. The Labute approximate surface area is 210 Å². The summed E-state index contributed by atoms with van der Waals surface area (Å²) in [7, 11) is 1.72. The summed E-state index contributed by atoms with van der Waals surface area (Å²) in [6, 6.07) is 6.36. The second-order valence-electron chi connectivity index (χ2n) is 8.49. The van der Waals surface area contributed by atoms with E-state index in [0.29, 0.717) is 12.5 Å². The molecule has 32 heavy (non-hydrogen) atoms. The predicted molar refractivity (Wildman–Crippen MR) is 141 cm³/mol. The molecule has 1 N–H and O–H groups in total. The van der Waals surface area contributed by atoms with E-state index in [9.17, 15) is 4.79 Å². The van der Waals surface area contributed by atoms with Gasteiger partial charge in [0.25, 0.3) is 0 Å². The summed E-state index contributed by atoms with van der Waals surface area (Å²) in [5.41, 5.74) is 2.39. The van der Waals surface area contributed by atoms with E-state index in [1.807, 2.05) is 4.90 Å². The topological polar surface area (TPSA) is 60.4 Å². The molecule has 0 radical (unpaired) electrons. The number of aliphatic imine (C=N–C) groups is 1. The zero-order chi connectivity index (χ0) is 22.1. The summed E-state index contributed by atoms with van der Waals surface area (Å²) in [6.07, 6.45) is 4.44. The van der Waals surface area contributed by atoms with Crippen molar-refractivity contribution in [2.24, 2.45) is 4.99 Å². The van der Waals surface area contributed by atoms with Gasteiger partial charge in [-0.2, -0.15) is 0 Å². The second-order valence-corrected chi connectivity index (χ2v) is 8.49. The maximum Gasteiger partial charge on any atom is 0.236 e. The van der Waals surface area contributed by atoms with Crippen LogP contribution in [-0.2, 0) is 11.2 Å². The number of nitrogens with one attached hydrogen (secondary N) is 1. The molecule has 8 heteroatoms. The number of aryl methyl sites for hydroxylation is 1. The summed E-state index contributed by atoms with van der Waals surface area (Å²) in [4.78, 5) is 24.1. The van der Waals surface area contributed by atoms with Crippen molar-refractivity contribution in [2.75, 3.05) is 66.0 Å². The average molecular weight is 558 g/mol. The molecule has 1 aromatic carbocycles. The maximum atomic E-state index is 12.6. The molecule has 2 fully saturated rings. The molecule has 0 bridgehead atoms. The van der Waals surface area contributed by atoms with Crippen LogP contribution in [0.25, 0.3) is 0 Å². The first-order valence-corrected chi connectivity index (χ1v) is 11.8. The van der Waals surface area contributed by atoms with E-state index in [4.69, 9.17) is 9.73 Å². The van der Waals surface area contributed by atoms with Gasteiger partial charge in [-0.15, -0.1) is 24.0 Å². The van der Waals surface area contributed by atoms with Crippen LogP contribution in [0.1, 0.15) is 37.3 Å². The van der Waals surface area contributed by atoms with E-state index < -0.39 is 0 Å². The molecule has 0 unspecified atom stereocenters. The van der Waals surface area contributed by atoms with Crippen molar-refractivity contribution in [3.63, 3.8) is 0 Å². The molecule has 0 atom stereocenters. The lowest BCUT2D eigenvalue weighted by atomic mass is 10.1. The second kappa shape index (κ2) is 13.9. The van der Waals surface area contributed by atoms with Crippen LogP contribution >= 0.6 is 24.0 Å². The van der Waals surface area contributed by atoms with Crippen LogP contribution in [-0.4, -0.2) is 92.6 Å². The van der Waals surface area contributed by atoms with Crippen LogP contribution in [0.3, 0.4) is 0 Å². The monoisotopic (exact) mass is 557 g/mol. The van der Waals surface area contributed by atoms with Gasteiger partial charge in [0.1, 0.15) is 5.75 Å². The van der Waals surface area contributed by atoms with E-state index in [-0.39, 0.29) is 24.0 Å². The standard InChI is InChI=1S/C24H39N5O2.HI/c1-4-25-24(26-11-10-21-9-8-20(2)22(18-21)31-3)29-16-14-27(15-17-29)19-23(30)28-12-6-5-7-13-28;/h8-9,18H,4-7,10-17,19H2,1-3H3,(H,25,26);1H. The minimum atomic E-state index is 0. The normalized spacial score (nSPS) is 17.7. The third-order valence-corrected chi connectivity index (χ3v) is 6.21. The number of carbonyl (C=O) groups is 1. The lowest BCUT2D eigenvalue weighted by Crippen LogP contribution is -2.54. The zero-order valence-corrected chi connectivity index (χ0v) is 22.3. The summed E-state index contributed by atoms with van der Waals surface area (Å²) in [6.45, 7) is 11.8. The molecule has 1 amide bonds. The Morgan fingerprint density at radius 3 is 2.44 bits per heavy atom. The van der Waals surface area contributed by atoms with Crippen molar-refractivity contribution < 1.29 is 9.53 Å². The van der Waals surface area contributed by atoms with Gasteiger partial charge in [0, 0.05) is 52.4 Å². The molecule has 2 heterocycles. The first-order valence-electron chi connectivity index (χ1n) is 11.8. The number of piperazine rings is 1. The molecular weight excluding hydrogens is 517 g/mol. The molecule has 7 nitrogen and oxygen atoms in total. The van der Waals surface area contributed by atoms with Gasteiger partial charge in [-0.05, 0) is 56.7 Å². The Bertz CT molecular complexity index is 744. The fourth-order valence-electron chi connectivity index (χ4n) is 4.29. The molecule has 1 aromatic rings. The van der Waals surface area contributed by atoms with Crippen molar-refractivity contribution in [1.82, 2.24) is 20.0 Å². The predicted octanol–water partition coefficient (Wildman–Crippen LogP) is 2.76. The average Bonchev–Trinajstić information content (AvgIpc) is 2.80. The molecule has 2 saturated heterocycles. The highest BCUT2D eigenvalue weighted by Gasteiger charge is 2.24. The number of ether oxygens (including phenoxy) is 1. The minimum Gasteiger partial charge on any atom is -0.496 e. The number of amides is 1. The fraction of sp³-hybridized carbons (Fsp3) is 0.667. The number of halogens is 1. The molecule has 2 aliphatic heterocycles. The van der Waals surface area contributed by atoms with Crippen LogP contribution in [0.15, 0.2) is 23.2 Å². The van der Waals surface area contributed by atoms with E-state index in [0.717, 1.165) is 88.9 Å². The summed E-state index contributed by atoms with van der Waals surface area (Å²) in [5.74, 6) is 2.20. The summed E-state index contributed by atoms with van der Waals surface area (Å²) in [5, 5.41) is 3.44. The Hall–Kier alpha value is -1.55. The van der Waals surface area contributed by atoms with Gasteiger partial charge >= 0.3 is 0 Å².